The van der Waals surface area contributed by atoms with Crippen molar-refractivity contribution in [2.24, 2.45) is 0 Å². The van der Waals surface area contributed by atoms with E-state index >= 15 is 0 Å². The van der Waals surface area contributed by atoms with E-state index in [0.29, 0.717) is 0 Å². The molecule has 0 atom stereocenters. The van der Waals surface area contributed by atoms with Gasteiger partial charge in [0.1, 0.15) is 0 Å². The molecule has 1 fully saturated rings. The summed E-state index contributed by atoms with van der Waals surface area (Å²) in [5, 5.41) is 1.18. The minimum Gasteiger partial charge on any atom is -0.322 e. The lowest BCUT2D eigenvalue weighted by Gasteiger charge is -2.26. The van der Waals surface area contributed by atoms with Crippen LogP contribution in [-0.4, -0.2) is 23.0 Å². The Labute approximate surface area is 119 Å². The molecule has 1 saturated heterocycles. The normalized spacial score (nSPS) is 16.7. The van der Waals surface area contributed by atoms with Gasteiger partial charge in [0.15, 0.2) is 0 Å². The number of likely N-dealkylation sites (tertiary alicyclic amines) is 1. The Hall–Kier alpha value is -1.61. The number of aromatic amines is 1. The number of H-pyrrole nitrogens is 1. The minimum atomic E-state index is 0.0735. The summed E-state index contributed by atoms with van der Waals surface area (Å²) in [6, 6.07) is 6.21. The molecule has 20 heavy (non-hydrogen) atoms. The highest BCUT2D eigenvalue weighted by atomic mass is 16.1. The maximum atomic E-state index is 12.3. The molecule has 3 heteroatoms. The first-order chi connectivity index (χ1) is 9.65. The number of piperidine rings is 1. The number of aromatic nitrogens is 1. The average molecular weight is 270 g/mol. The summed E-state index contributed by atoms with van der Waals surface area (Å²) >= 11 is 0. The molecule has 1 aliphatic rings. The predicted octanol–water partition coefficient (Wildman–Crippen LogP) is 3.13. The van der Waals surface area contributed by atoms with Gasteiger partial charge in [0, 0.05) is 23.0 Å². The van der Waals surface area contributed by atoms with E-state index in [2.05, 4.69) is 29.8 Å². The number of pyridine rings is 1. The van der Waals surface area contributed by atoms with Crippen molar-refractivity contribution in [2.75, 3.05) is 13.1 Å². The number of fused-ring (bicyclic) bond motifs is 1. The van der Waals surface area contributed by atoms with Gasteiger partial charge in [-0.05, 0) is 57.5 Å². The van der Waals surface area contributed by atoms with Crippen LogP contribution in [-0.2, 0) is 6.54 Å². The van der Waals surface area contributed by atoms with E-state index in [-0.39, 0.29) is 5.56 Å². The second kappa shape index (κ2) is 5.41. The number of hydrogen-bond acceptors (Lipinski definition) is 2. The van der Waals surface area contributed by atoms with Crippen LogP contribution in [0.5, 0.6) is 0 Å². The van der Waals surface area contributed by atoms with Gasteiger partial charge in [0.05, 0.1) is 0 Å². The van der Waals surface area contributed by atoms with Crippen molar-refractivity contribution >= 4 is 10.9 Å². The molecule has 1 aromatic carbocycles. The molecular weight excluding hydrogens is 248 g/mol. The molecule has 0 saturated carbocycles. The van der Waals surface area contributed by atoms with Gasteiger partial charge in [-0.2, -0.15) is 0 Å². The molecule has 3 nitrogen and oxygen atoms in total. The van der Waals surface area contributed by atoms with Gasteiger partial charge in [0.2, 0.25) is 0 Å². The van der Waals surface area contributed by atoms with Crippen LogP contribution < -0.4 is 5.56 Å². The van der Waals surface area contributed by atoms with Crippen LogP contribution in [0, 0.1) is 13.8 Å². The van der Waals surface area contributed by atoms with E-state index in [4.69, 9.17) is 0 Å². The van der Waals surface area contributed by atoms with Crippen molar-refractivity contribution < 1.29 is 0 Å². The van der Waals surface area contributed by atoms with Gasteiger partial charge in [-0.1, -0.05) is 18.1 Å². The molecule has 0 unspecified atom stereocenters. The Bertz CT molecular complexity index is 681. The average Bonchev–Trinajstić information content (AvgIpc) is 2.46. The molecule has 0 aliphatic carbocycles. The van der Waals surface area contributed by atoms with Gasteiger partial charge >= 0.3 is 0 Å². The molecule has 1 aliphatic heterocycles. The highest BCUT2D eigenvalue weighted by Gasteiger charge is 2.15. The van der Waals surface area contributed by atoms with E-state index < -0.39 is 0 Å². The number of hydrogen-bond donors (Lipinski definition) is 1. The Kier molecular flexibility index (Phi) is 3.62. The zero-order chi connectivity index (χ0) is 14.1. The minimum absolute atomic E-state index is 0.0735. The lowest BCUT2D eigenvalue weighted by atomic mass is 10.0. The van der Waals surface area contributed by atoms with Crippen LogP contribution in [0.1, 0.15) is 36.0 Å². The molecule has 0 bridgehead atoms. The topological polar surface area (TPSA) is 36.1 Å². The van der Waals surface area contributed by atoms with E-state index in [1.54, 1.807) is 0 Å². The highest BCUT2D eigenvalue weighted by Crippen LogP contribution is 2.21. The fraction of sp³-hybridized carbons (Fsp3) is 0.471. The Morgan fingerprint density at radius 1 is 1.15 bits per heavy atom. The molecule has 0 amide bonds. The van der Waals surface area contributed by atoms with Crippen LogP contribution in [0.4, 0.5) is 0 Å². The monoisotopic (exact) mass is 270 g/mol. The molecular formula is C17H22N2O. The number of nitrogens with one attached hydrogen (secondary N) is 1. The van der Waals surface area contributed by atoms with Gasteiger partial charge in [-0.3, -0.25) is 9.69 Å². The molecule has 2 aromatic rings. The summed E-state index contributed by atoms with van der Waals surface area (Å²) in [4.78, 5) is 17.8. The van der Waals surface area contributed by atoms with Gasteiger partial charge in [-0.15, -0.1) is 0 Å². The van der Waals surface area contributed by atoms with E-state index in [9.17, 15) is 4.79 Å². The lowest BCUT2D eigenvalue weighted by Crippen LogP contribution is -2.32. The smallest absolute Gasteiger partial charge is 0.253 e. The van der Waals surface area contributed by atoms with Crippen LogP contribution in [0.3, 0.4) is 0 Å². The zero-order valence-corrected chi connectivity index (χ0v) is 12.3. The third kappa shape index (κ3) is 2.50. The van der Waals surface area contributed by atoms with Crippen LogP contribution in [0.2, 0.25) is 0 Å². The second-order valence-corrected chi connectivity index (χ2v) is 5.94. The standard InChI is InChI=1S/C17H22N2O/c1-12-6-7-16-14(10-12)13(2)15(17(20)18-16)11-19-8-4-3-5-9-19/h6-7,10H,3-5,8-9,11H2,1-2H3,(H,18,20). The Balaban J connectivity index is 2.03. The third-order valence-corrected chi connectivity index (χ3v) is 4.38. The third-order valence-electron chi connectivity index (χ3n) is 4.38. The predicted molar refractivity (Wildman–Crippen MR) is 83.2 cm³/mol. The quantitative estimate of drug-likeness (QED) is 0.910. The second-order valence-electron chi connectivity index (χ2n) is 5.94. The number of nitrogens with zero attached hydrogens (tertiary/aromatic N) is 1. The zero-order valence-electron chi connectivity index (χ0n) is 12.3. The maximum Gasteiger partial charge on any atom is 0.253 e. The molecule has 0 spiro atoms. The summed E-state index contributed by atoms with van der Waals surface area (Å²) in [6.07, 6.45) is 3.83. The molecule has 1 N–H and O–H groups in total. The van der Waals surface area contributed by atoms with Gasteiger partial charge in [-0.25, -0.2) is 0 Å². The van der Waals surface area contributed by atoms with Crippen molar-refractivity contribution in [3.63, 3.8) is 0 Å². The van der Waals surface area contributed by atoms with E-state index in [1.807, 2.05) is 12.1 Å². The first-order valence-corrected chi connectivity index (χ1v) is 7.49. The van der Waals surface area contributed by atoms with Crippen LogP contribution in [0.15, 0.2) is 23.0 Å². The summed E-state index contributed by atoms with van der Waals surface area (Å²) in [5.74, 6) is 0. The lowest BCUT2D eigenvalue weighted by molar-refractivity contribution is 0.220. The number of benzene rings is 1. The first kappa shape index (κ1) is 13.4. The summed E-state index contributed by atoms with van der Waals surface area (Å²) in [6.45, 7) is 7.19. The van der Waals surface area contributed by atoms with Crippen molar-refractivity contribution in [1.82, 2.24) is 9.88 Å². The molecule has 0 radical (unpaired) electrons. The fourth-order valence-electron chi connectivity index (χ4n) is 3.14. The fourth-order valence-corrected chi connectivity index (χ4v) is 3.14. The first-order valence-electron chi connectivity index (χ1n) is 7.49. The van der Waals surface area contributed by atoms with E-state index in [1.165, 1.54) is 30.2 Å². The molecule has 3 rings (SSSR count). The van der Waals surface area contributed by atoms with Crippen LogP contribution >= 0.6 is 0 Å². The van der Waals surface area contributed by atoms with Gasteiger partial charge in [0.25, 0.3) is 5.56 Å². The van der Waals surface area contributed by atoms with Crippen molar-refractivity contribution in [2.45, 2.75) is 39.7 Å². The summed E-state index contributed by atoms with van der Waals surface area (Å²) in [7, 11) is 0. The largest absolute Gasteiger partial charge is 0.322 e. The van der Waals surface area contributed by atoms with Crippen molar-refractivity contribution in [1.29, 1.82) is 0 Å². The molecule has 1 aromatic heterocycles. The molecule has 106 valence electrons. The SMILES string of the molecule is Cc1ccc2[nH]c(=O)c(CN3CCCCC3)c(C)c2c1. The van der Waals surface area contributed by atoms with Crippen molar-refractivity contribution in [3.05, 3.63) is 45.2 Å². The number of aryl methyl sites for hydroxylation is 2. The van der Waals surface area contributed by atoms with E-state index in [0.717, 1.165) is 36.3 Å². The summed E-state index contributed by atoms with van der Waals surface area (Å²) < 4.78 is 0. The summed E-state index contributed by atoms with van der Waals surface area (Å²) in [5.41, 5.74) is 4.32. The van der Waals surface area contributed by atoms with Crippen LogP contribution in [0.25, 0.3) is 10.9 Å². The van der Waals surface area contributed by atoms with Gasteiger partial charge < -0.3 is 4.98 Å². The maximum absolute atomic E-state index is 12.3. The Morgan fingerprint density at radius 3 is 2.65 bits per heavy atom. The molecule has 2 heterocycles. The van der Waals surface area contributed by atoms with Crippen molar-refractivity contribution in [3.8, 4) is 0 Å². The highest BCUT2D eigenvalue weighted by molar-refractivity contribution is 5.83. The Morgan fingerprint density at radius 2 is 1.90 bits per heavy atom. The number of rotatable bonds is 2.